The van der Waals surface area contributed by atoms with E-state index in [0.717, 1.165) is 5.56 Å². The maximum absolute atomic E-state index is 13.6. The van der Waals surface area contributed by atoms with Crippen molar-refractivity contribution < 1.29 is 17.5 Å². The maximum atomic E-state index is 13.6. The Morgan fingerprint density at radius 3 is 2.74 bits per heavy atom. The summed E-state index contributed by atoms with van der Waals surface area (Å²) < 4.78 is 46.5. The molecule has 1 aromatic heterocycles. The van der Waals surface area contributed by atoms with E-state index in [1.165, 1.54) is 22.8 Å². The summed E-state index contributed by atoms with van der Waals surface area (Å²) in [7, 11) is -3.49. The van der Waals surface area contributed by atoms with E-state index < -0.39 is 10.0 Å². The predicted molar refractivity (Wildman–Crippen MR) is 96.6 cm³/mol. The van der Waals surface area contributed by atoms with Crippen LogP contribution in [-0.4, -0.2) is 65.2 Å². The number of rotatable bonds is 4. The molecule has 2 aromatic rings. The minimum absolute atomic E-state index is 0.0537. The molecule has 2 atom stereocenters. The van der Waals surface area contributed by atoms with Crippen LogP contribution in [0.1, 0.15) is 11.1 Å². The van der Waals surface area contributed by atoms with Crippen LogP contribution in [0, 0.1) is 5.82 Å². The van der Waals surface area contributed by atoms with E-state index in [-0.39, 0.29) is 36.9 Å². The third kappa shape index (κ3) is 4.16. The molecule has 0 saturated carbocycles. The molecule has 0 unspecified atom stereocenters. The van der Waals surface area contributed by atoms with Crippen LogP contribution in [0.5, 0.6) is 0 Å². The van der Waals surface area contributed by atoms with Crippen LogP contribution >= 0.6 is 0 Å². The highest BCUT2D eigenvalue weighted by Gasteiger charge is 2.44. The zero-order valence-corrected chi connectivity index (χ0v) is 15.6. The van der Waals surface area contributed by atoms with Crippen molar-refractivity contribution in [2.75, 3.05) is 25.4 Å². The van der Waals surface area contributed by atoms with Crippen LogP contribution in [0.2, 0.25) is 0 Å². The Morgan fingerprint density at radius 1 is 1.15 bits per heavy atom. The number of nitrogens with zero attached hydrogens (tertiary/aromatic N) is 4. The molecular formula is C18H21FN4O3S. The topological polar surface area (TPSA) is 75.6 Å². The molecule has 7 nitrogen and oxygen atoms in total. The normalized spacial score (nSPS) is 25.8. The molecule has 0 N–H and O–H groups in total. The van der Waals surface area contributed by atoms with Crippen molar-refractivity contribution in [3.8, 4) is 0 Å². The van der Waals surface area contributed by atoms with E-state index in [0.29, 0.717) is 25.2 Å². The summed E-state index contributed by atoms with van der Waals surface area (Å²) in [5, 5.41) is 0. The van der Waals surface area contributed by atoms with Gasteiger partial charge in [-0.2, -0.15) is 4.31 Å². The van der Waals surface area contributed by atoms with Crippen LogP contribution in [0.25, 0.3) is 0 Å². The molecule has 1 aromatic carbocycles. The highest BCUT2D eigenvalue weighted by Crippen LogP contribution is 2.28. The van der Waals surface area contributed by atoms with Crippen molar-refractivity contribution in [3.63, 3.8) is 0 Å². The lowest BCUT2D eigenvalue weighted by molar-refractivity contribution is 0.0458. The Labute approximate surface area is 157 Å². The van der Waals surface area contributed by atoms with E-state index >= 15 is 0 Å². The number of halogens is 1. The quantitative estimate of drug-likeness (QED) is 0.774. The Bertz CT molecular complexity index is 896. The summed E-state index contributed by atoms with van der Waals surface area (Å²) >= 11 is 0. The lowest BCUT2D eigenvalue weighted by Crippen LogP contribution is -2.45. The first-order chi connectivity index (χ1) is 13.0. The highest BCUT2D eigenvalue weighted by atomic mass is 32.2. The summed E-state index contributed by atoms with van der Waals surface area (Å²) in [6, 6.07) is 5.77. The largest absolute Gasteiger partial charge is 0.374 e. The van der Waals surface area contributed by atoms with Gasteiger partial charge in [0.1, 0.15) is 12.1 Å². The van der Waals surface area contributed by atoms with Gasteiger partial charge in [-0.3, -0.25) is 4.90 Å². The Hall–Kier alpha value is -1.94. The van der Waals surface area contributed by atoms with Gasteiger partial charge < -0.3 is 4.74 Å². The van der Waals surface area contributed by atoms with Crippen molar-refractivity contribution >= 4 is 10.0 Å². The van der Waals surface area contributed by atoms with Gasteiger partial charge in [-0.25, -0.2) is 22.8 Å². The van der Waals surface area contributed by atoms with Gasteiger partial charge in [0, 0.05) is 44.1 Å². The molecule has 0 radical (unpaired) electrons. The van der Waals surface area contributed by atoms with Gasteiger partial charge in [0.15, 0.2) is 0 Å². The second kappa shape index (κ2) is 7.59. The van der Waals surface area contributed by atoms with Crippen LogP contribution < -0.4 is 0 Å². The van der Waals surface area contributed by atoms with Gasteiger partial charge in [0.2, 0.25) is 10.0 Å². The van der Waals surface area contributed by atoms with Gasteiger partial charge in [0.25, 0.3) is 0 Å². The smallest absolute Gasteiger partial charge is 0.217 e. The van der Waals surface area contributed by atoms with Crippen molar-refractivity contribution in [1.29, 1.82) is 0 Å². The fourth-order valence-corrected chi connectivity index (χ4v) is 5.23. The molecule has 4 rings (SSSR count). The van der Waals surface area contributed by atoms with Crippen LogP contribution in [0.4, 0.5) is 4.39 Å². The third-order valence-electron chi connectivity index (χ3n) is 4.96. The molecule has 2 fully saturated rings. The lowest BCUT2D eigenvalue weighted by atomic mass is 10.1. The second-order valence-corrected chi connectivity index (χ2v) is 8.95. The van der Waals surface area contributed by atoms with Gasteiger partial charge in [-0.15, -0.1) is 0 Å². The highest BCUT2D eigenvalue weighted by molar-refractivity contribution is 7.89. The predicted octanol–water partition coefficient (Wildman–Crippen LogP) is 1.03. The Balaban J connectivity index is 1.56. The fourth-order valence-electron chi connectivity index (χ4n) is 3.73. The summed E-state index contributed by atoms with van der Waals surface area (Å²) in [6.07, 6.45) is 4.78. The number of hydrogen-bond acceptors (Lipinski definition) is 6. The van der Waals surface area contributed by atoms with Gasteiger partial charge in [-0.1, -0.05) is 12.1 Å². The van der Waals surface area contributed by atoms with Gasteiger partial charge >= 0.3 is 0 Å². The van der Waals surface area contributed by atoms with Crippen LogP contribution in [0.3, 0.4) is 0 Å². The summed E-state index contributed by atoms with van der Waals surface area (Å²) in [4.78, 5) is 10.2. The first-order valence-corrected chi connectivity index (χ1v) is 10.4. The van der Waals surface area contributed by atoms with Gasteiger partial charge in [0.05, 0.1) is 24.5 Å². The SMILES string of the molecule is O=S1(=O)CCO[C@H]2CN(Cc3cncnc3)C[C@H]2N1Cc1cccc(F)c1. The first-order valence-electron chi connectivity index (χ1n) is 8.83. The number of sulfonamides is 1. The third-order valence-corrected chi connectivity index (χ3v) is 6.76. The molecular weight excluding hydrogens is 371 g/mol. The average molecular weight is 392 g/mol. The molecule has 0 amide bonds. The average Bonchev–Trinajstić information content (AvgIpc) is 2.97. The number of hydrogen-bond donors (Lipinski definition) is 0. The minimum atomic E-state index is -3.49. The summed E-state index contributed by atoms with van der Waals surface area (Å²) in [5.41, 5.74) is 1.60. The van der Waals surface area contributed by atoms with Crippen molar-refractivity contribution in [3.05, 3.63) is 59.9 Å². The van der Waals surface area contributed by atoms with E-state index in [2.05, 4.69) is 14.9 Å². The maximum Gasteiger partial charge on any atom is 0.217 e. The molecule has 144 valence electrons. The number of fused-ring (bicyclic) bond motifs is 1. The molecule has 27 heavy (non-hydrogen) atoms. The second-order valence-electron chi connectivity index (χ2n) is 6.91. The van der Waals surface area contributed by atoms with Crippen LogP contribution in [0.15, 0.2) is 43.0 Å². The molecule has 0 aliphatic carbocycles. The first kappa shape index (κ1) is 18.4. The molecule has 2 saturated heterocycles. The van der Waals surface area contributed by atoms with Crippen molar-refractivity contribution in [1.82, 2.24) is 19.2 Å². The summed E-state index contributed by atoms with van der Waals surface area (Å²) in [6.45, 7) is 2.13. The molecule has 2 aliphatic heterocycles. The molecule has 0 spiro atoms. The molecule has 3 heterocycles. The van der Waals surface area contributed by atoms with E-state index in [1.54, 1.807) is 24.5 Å². The van der Waals surface area contributed by atoms with E-state index in [9.17, 15) is 12.8 Å². The van der Waals surface area contributed by atoms with E-state index in [1.807, 2.05) is 0 Å². The number of aromatic nitrogens is 2. The standard InChI is InChI=1S/C18H21FN4O3S/c19-16-3-1-2-14(6-16)10-23-17-11-22(9-15-7-20-13-21-8-15)12-18(17)26-4-5-27(23,24)25/h1-3,6-8,13,17-18H,4-5,9-12H2/t17-,18+/m1/s1. The molecule has 2 aliphatic rings. The Kier molecular flexibility index (Phi) is 5.18. The fraction of sp³-hybridized carbons (Fsp3) is 0.444. The molecule has 0 bridgehead atoms. The number of benzene rings is 1. The zero-order valence-electron chi connectivity index (χ0n) is 14.7. The summed E-state index contributed by atoms with van der Waals surface area (Å²) in [5.74, 6) is -0.424. The van der Waals surface area contributed by atoms with Crippen molar-refractivity contribution in [2.24, 2.45) is 0 Å². The van der Waals surface area contributed by atoms with E-state index in [4.69, 9.17) is 4.74 Å². The minimum Gasteiger partial charge on any atom is -0.374 e. The monoisotopic (exact) mass is 392 g/mol. The lowest BCUT2D eigenvalue weighted by Gasteiger charge is -2.28. The molecule has 9 heteroatoms. The van der Waals surface area contributed by atoms with Crippen molar-refractivity contribution in [2.45, 2.75) is 25.2 Å². The van der Waals surface area contributed by atoms with Gasteiger partial charge in [-0.05, 0) is 17.7 Å². The Morgan fingerprint density at radius 2 is 1.96 bits per heavy atom. The number of ether oxygens (including phenoxy) is 1. The zero-order chi connectivity index (χ0) is 18.9. The number of likely N-dealkylation sites (tertiary alicyclic amines) is 1. The van der Waals surface area contributed by atoms with Crippen LogP contribution in [-0.2, 0) is 27.8 Å².